The quantitative estimate of drug-likeness (QED) is 0.785. The van der Waals surface area contributed by atoms with Crippen LogP contribution in [0.4, 0.5) is 0 Å². The SMILES string of the molecule is N[C@H]1Cc2c3n(c4cccc(O)c24)C(=O)C[C@H]2CCC[C@@H]1[C@@H]32. The number of hydrogen-bond donors (Lipinski definition) is 2. The van der Waals surface area contributed by atoms with Crippen LogP contribution in [0.15, 0.2) is 18.2 Å². The predicted molar refractivity (Wildman–Crippen MR) is 84.1 cm³/mol. The lowest BCUT2D eigenvalue weighted by molar-refractivity contribution is 0.0748. The van der Waals surface area contributed by atoms with E-state index in [9.17, 15) is 9.90 Å². The average Bonchev–Trinajstić information content (AvgIpc) is 2.84. The first kappa shape index (κ1) is 12.7. The Labute approximate surface area is 128 Å². The summed E-state index contributed by atoms with van der Waals surface area (Å²) in [5.74, 6) is 1.80. The Bertz CT molecular complexity index is 807. The van der Waals surface area contributed by atoms with E-state index >= 15 is 0 Å². The van der Waals surface area contributed by atoms with E-state index in [1.165, 1.54) is 18.5 Å². The molecular formula is C18H20N2O2. The molecule has 0 radical (unpaired) electrons. The number of fused-ring (bicyclic) bond motifs is 3. The van der Waals surface area contributed by atoms with Gasteiger partial charge in [-0.2, -0.15) is 0 Å². The molecule has 2 aromatic rings. The lowest BCUT2D eigenvalue weighted by atomic mass is 9.61. The second kappa shape index (κ2) is 4.13. The van der Waals surface area contributed by atoms with Crippen LogP contribution in [0.5, 0.6) is 5.75 Å². The molecule has 114 valence electrons. The fraction of sp³-hybridized carbons (Fsp3) is 0.500. The van der Waals surface area contributed by atoms with Crippen molar-refractivity contribution < 1.29 is 9.90 Å². The fourth-order valence-corrected chi connectivity index (χ4v) is 5.40. The molecule has 4 nitrogen and oxygen atoms in total. The summed E-state index contributed by atoms with van der Waals surface area (Å²) in [6, 6.07) is 5.64. The highest BCUT2D eigenvalue weighted by Crippen LogP contribution is 2.54. The molecule has 4 atom stereocenters. The molecule has 3 aliphatic rings. The number of aromatic nitrogens is 1. The Morgan fingerprint density at radius 3 is 2.95 bits per heavy atom. The van der Waals surface area contributed by atoms with Crippen molar-refractivity contribution in [2.24, 2.45) is 17.6 Å². The summed E-state index contributed by atoms with van der Waals surface area (Å²) in [5.41, 5.74) is 9.66. The molecule has 1 aromatic heterocycles. The van der Waals surface area contributed by atoms with Gasteiger partial charge in [-0.05, 0) is 48.8 Å². The minimum Gasteiger partial charge on any atom is -0.507 e. The van der Waals surface area contributed by atoms with Gasteiger partial charge in [0.1, 0.15) is 5.75 Å². The number of nitrogens with two attached hydrogens (primary N) is 1. The number of benzene rings is 1. The molecular weight excluding hydrogens is 276 g/mol. The van der Waals surface area contributed by atoms with E-state index in [1.54, 1.807) is 6.07 Å². The molecule has 0 spiro atoms. The Morgan fingerprint density at radius 2 is 2.09 bits per heavy atom. The lowest BCUT2D eigenvalue weighted by Gasteiger charge is -2.47. The second-order valence-corrected chi connectivity index (χ2v) is 7.22. The van der Waals surface area contributed by atoms with Gasteiger partial charge in [-0.3, -0.25) is 9.36 Å². The van der Waals surface area contributed by atoms with Crippen molar-refractivity contribution in [1.82, 2.24) is 4.57 Å². The van der Waals surface area contributed by atoms with Gasteiger partial charge in [-0.25, -0.2) is 0 Å². The zero-order valence-electron chi connectivity index (χ0n) is 12.5. The number of phenols is 1. The maximum Gasteiger partial charge on any atom is 0.231 e. The molecule has 2 aliphatic carbocycles. The van der Waals surface area contributed by atoms with E-state index in [0.717, 1.165) is 29.3 Å². The highest BCUT2D eigenvalue weighted by Gasteiger charge is 2.48. The number of carbonyl (C=O) groups is 1. The van der Waals surface area contributed by atoms with Crippen LogP contribution in [0.3, 0.4) is 0 Å². The van der Waals surface area contributed by atoms with Gasteiger partial charge < -0.3 is 10.8 Å². The van der Waals surface area contributed by atoms with Crippen molar-refractivity contribution >= 4 is 16.8 Å². The Morgan fingerprint density at radius 1 is 1.23 bits per heavy atom. The van der Waals surface area contributed by atoms with E-state index in [1.807, 2.05) is 16.7 Å². The highest BCUT2D eigenvalue weighted by molar-refractivity contribution is 6.00. The summed E-state index contributed by atoms with van der Waals surface area (Å²) in [4.78, 5) is 12.7. The van der Waals surface area contributed by atoms with Gasteiger partial charge in [0.25, 0.3) is 0 Å². The topological polar surface area (TPSA) is 68.2 Å². The fourth-order valence-electron chi connectivity index (χ4n) is 5.40. The third kappa shape index (κ3) is 1.39. The molecule has 0 amide bonds. The van der Waals surface area contributed by atoms with Gasteiger partial charge in [-0.1, -0.05) is 12.5 Å². The zero-order valence-corrected chi connectivity index (χ0v) is 12.5. The minimum absolute atomic E-state index is 0.146. The van der Waals surface area contributed by atoms with Crippen molar-refractivity contribution in [1.29, 1.82) is 0 Å². The molecule has 4 heteroatoms. The number of nitrogens with zero attached hydrogens (tertiary/aromatic N) is 1. The van der Waals surface area contributed by atoms with E-state index in [2.05, 4.69) is 0 Å². The molecule has 1 aromatic carbocycles. The van der Waals surface area contributed by atoms with E-state index in [4.69, 9.17) is 5.73 Å². The van der Waals surface area contributed by atoms with Crippen LogP contribution in [-0.2, 0) is 6.42 Å². The van der Waals surface area contributed by atoms with Gasteiger partial charge in [0.05, 0.1) is 5.52 Å². The van der Waals surface area contributed by atoms with Crippen molar-refractivity contribution in [3.8, 4) is 5.75 Å². The van der Waals surface area contributed by atoms with Crippen LogP contribution in [0.1, 0.15) is 47.7 Å². The number of hydrogen-bond acceptors (Lipinski definition) is 3. The van der Waals surface area contributed by atoms with Crippen LogP contribution < -0.4 is 5.73 Å². The molecule has 1 saturated carbocycles. The number of aromatic hydroxyl groups is 1. The zero-order chi connectivity index (χ0) is 15.0. The van der Waals surface area contributed by atoms with Crippen molar-refractivity contribution in [2.45, 2.75) is 44.1 Å². The third-order valence-electron chi connectivity index (χ3n) is 6.19. The van der Waals surface area contributed by atoms with E-state index in [0.29, 0.717) is 24.2 Å². The summed E-state index contributed by atoms with van der Waals surface area (Å²) in [6.45, 7) is 0. The summed E-state index contributed by atoms with van der Waals surface area (Å²) in [5, 5.41) is 11.2. The molecule has 22 heavy (non-hydrogen) atoms. The Hall–Kier alpha value is -1.81. The van der Waals surface area contributed by atoms with Gasteiger partial charge >= 0.3 is 0 Å². The predicted octanol–water partition coefficient (Wildman–Crippen LogP) is 2.77. The first-order chi connectivity index (χ1) is 10.7. The van der Waals surface area contributed by atoms with E-state index < -0.39 is 0 Å². The monoisotopic (exact) mass is 296 g/mol. The first-order valence-corrected chi connectivity index (χ1v) is 8.30. The van der Waals surface area contributed by atoms with Gasteiger partial charge in [0.2, 0.25) is 5.91 Å². The number of carbonyl (C=O) groups excluding carboxylic acids is 1. The number of phenolic OH excluding ortho intramolecular Hbond substituents is 1. The van der Waals surface area contributed by atoms with Crippen LogP contribution >= 0.6 is 0 Å². The Kier molecular flexibility index (Phi) is 2.39. The largest absolute Gasteiger partial charge is 0.507 e. The second-order valence-electron chi connectivity index (χ2n) is 7.22. The third-order valence-corrected chi connectivity index (χ3v) is 6.19. The van der Waals surface area contributed by atoms with Crippen molar-refractivity contribution in [3.05, 3.63) is 29.5 Å². The van der Waals surface area contributed by atoms with Crippen molar-refractivity contribution in [2.75, 3.05) is 0 Å². The van der Waals surface area contributed by atoms with Crippen molar-refractivity contribution in [3.63, 3.8) is 0 Å². The Balaban J connectivity index is 1.90. The van der Waals surface area contributed by atoms with E-state index in [-0.39, 0.29) is 17.7 Å². The molecule has 5 rings (SSSR count). The molecule has 0 saturated heterocycles. The smallest absolute Gasteiger partial charge is 0.231 e. The summed E-state index contributed by atoms with van der Waals surface area (Å²) < 4.78 is 1.90. The van der Waals surface area contributed by atoms with Gasteiger partial charge in [0, 0.05) is 29.5 Å². The van der Waals surface area contributed by atoms with Gasteiger partial charge in [-0.15, -0.1) is 0 Å². The highest BCUT2D eigenvalue weighted by atomic mass is 16.3. The maximum atomic E-state index is 12.7. The summed E-state index contributed by atoms with van der Waals surface area (Å²) in [6.07, 6.45) is 4.89. The van der Waals surface area contributed by atoms with Crippen LogP contribution in [0.25, 0.3) is 10.9 Å². The first-order valence-electron chi connectivity index (χ1n) is 8.30. The molecule has 2 heterocycles. The van der Waals surface area contributed by atoms with Crippen LogP contribution in [0.2, 0.25) is 0 Å². The molecule has 3 N–H and O–H groups in total. The lowest BCUT2D eigenvalue weighted by Crippen LogP contribution is -2.47. The number of rotatable bonds is 0. The molecule has 0 unspecified atom stereocenters. The standard InChI is InChI=1S/C18H20N2O2/c19-12-8-11-17-13(5-2-6-14(17)21)20-15(22)7-9-3-1-4-10(12)16(9)18(11)20/h2,5-6,9-10,12,16,21H,1,3-4,7-8,19H2/t9-,10+,12+,16+/m1/s1. The van der Waals surface area contributed by atoms with Crippen LogP contribution in [0, 0.1) is 11.8 Å². The minimum atomic E-state index is 0.146. The van der Waals surface area contributed by atoms with Gasteiger partial charge in [0.15, 0.2) is 0 Å². The maximum absolute atomic E-state index is 12.7. The molecule has 1 fully saturated rings. The summed E-state index contributed by atoms with van der Waals surface area (Å²) >= 11 is 0. The molecule has 1 aliphatic heterocycles. The molecule has 0 bridgehead atoms. The summed E-state index contributed by atoms with van der Waals surface area (Å²) in [7, 11) is 0. The normalized spacial score (nSPS) is 33.0. The average molecular weight is 296 g/mol. The van der Waals surface area contributed by atoms with Crippen LogP contribution in [-0.4, -0.2) is 21.6 Å².